The molecule has 3 heterocycles. The van der Waals surface area contributed by atoms with Crippen molar-refractivity contribution in [3.05, 3.63) is 54.4 Å². The van der Waals surface area contributed by atoms with Crippen molar-refractivity contribution in [1.82, 2.24) is 19.7 Å². The molecule has 0 radical (unpaired) electrons. The number of aryl methyl sites for hydroxylation is 1. The van der Waals surface area contributed by atoms with Crippen molar-refractivity contribution < 1.29 is 4.79 Å². The fraction of sp³-hybridized carbons (Fsp3) is 0.333. The Morgan fingerprint density at radius 1 is 1.18 bits per heavy atom. The molecular formula is C21H23N5OS. The lowest BCUT2D eigenvalue weighted by Gasteiger charge is -2.31. The molecule has 2 aromatic heterocycles. The summed E-state index contributed by atoms with van der Waals surface area (Å²) in [5.74, 6) is 0.920. The molecule has 0 fully saturated rings. The number of amides is 1. The lowest BCUT2D eigenvalue weighted by molar-refractivity contribution is -0.117. The van der Waals surface area contributed by atoms with Crippen LogP contribution in [-0.4, -0.2) is 37.5 Å². The van der Waals surface area contributed by atoms with Crippen LogP contribution in [0.5, 0.6) is 0 Å². The van der Waals surface area contributed by atoms with Crippen molar-refractivity contribution in [3.8, 4) is 11.4 Å². The molecule has 0 N–H and O–H groups in total. The number of fused-ring (bicyclic) bond motifs is 1. The van der Waals surface area contributed by atoms with Gasteiger partial charge in [-0.1, -0.05) is 30.0 Å². The maximum absolute atomic E-state index is 13.2. The van der Waals surface area contributed by atoms with E-state index in [9.17, 15) is 4.79 Å². The van der Waals surface area contributed by atoms with Crippen LogP contribution in [0, 0.1) is 0 Å². The highest BCUT2D eigenvalue weighted by molar-refractivity contribution is 8.00. The average molecular weight is 394 g/mol. The summed E-state index contributed by atoms with van der Waals surface area (Å²) in [6, 6.07) is 12.0. The quantitative estimate of drug-likeness (QED) is 0.617. The Bertz CT molecular complexity index is 972. The molecule has 144 valence electrons. The van der Waals surface area contributed by atoms with Crippen molar-refractivity contribution in [2.24, 2.45) is 0 Å². The number of anilines is 1. The van der Waals surface area contributed by atoms with E-state index < -0.39 is 0 Å². The number of carbonyl (C=O) groups is 1. The van der Waals surface area contributed by atoms with E-state index in [1.807, 2.05) is 46.7 Å². The van der Waals surface area contributed by atoms with E-state index in [1.165, 1.54) is 17.3 Å². The largest absolute Gasteiger partial charge is 0.311 e. The van der Waals surface area contributed by atoms with Crippen LogP contribution >= 0.6 is 11.8 Å². The topological polar surface area (TPSA) is 63.9 Å². The van der Waals surface area contributed by atoms with E-state index in [1.54, 1.807) is 12.4 Å². The van der Waals surface area contributed by atoms with Gasteiger partial charge in [-0.05, 0) is 50.5 Å². The zero-order valence-corrected chi connectivity index (χ0v) is 16.9. The molecular weight excluding hydrogens is 370 g/mol. The van der Waals surface area contributed by atoms with Crippen molar-refractivity contribution in [2.45, 2.75) is 43.6 Å². The Labute approximate surface area is 169 Å². The molecule has 28 heavy (non-hydrogen) atoms. The predicted molar refractivity (Wildman–Crippen MR) is 111 cm³/mol. The fourth-order valence-electron chi connectivity index (χ4n) is 3.57. The summed E-state index contributed by atoms with van der Waals surface area (Å²) >= 11 is 1.47. The molecule has 1 aromatic carbocycles. The molecule has 1 atom stereocenters. The van der Waals surface area contributed by atoms with E-state index in [0.717, 1.165) is 48.2 Å². The van der Waals surface area contributed by atoms with Gasteiger partial charge in [-0.2, -0.15) is 0 Å². The minimum Gasteiger partial charge on any atom is -0.311 e. The van der Waals surface area contributed by atoms with Gasteiger partial charge in [0.05, 0.1) is 5.25 Å². The summed E-state index contributed by atoms with van der Waals surface area (Å²) < 4.78 is 2.05. The third kappa shape index (κ3) is 3.54. The minimum absolute atomic E-state index is 0.119. The van der Waals surface area contributed by atoms with Crippen molar-refractivity contribution in [3.63, 3.8) is 0 Å². The number of hydrogen-bond acceptors (Lipinski definition) is 5. The normalized spacial score (nSPS) is 14.6. The lowest BCUT2D eigenvalue weighted by atomic mass is 10.0. The number of para-hydroxylation sites is 1. The maximum atomic E-state index is 13.2. The lowest BCUT2D eigenvalue weighted by Crippen LogP contribution is -2.40. The van der Waals surface area contributed by atoms with Crippen molar-refractivity contribution in [2.75, 3.05) is 11.4 Å². The van der Waals surface area contributed by atoms with Crippen LogP contribution in [0.2, 0.25) is 0 Å². The van der Waals surface area contributed by atoms with Gasteiger partial charge in [-0.25, -0.2) is 0 Å². The highest BCUT2D eigenvalue weighted by atomic mass is 32.2. The molecule has 1 unspecified atom stereocenters. The van der Waals surface area contributed by atoms with E-state index in [0.29, 0.717) is 0 Å². The second-order valence-corrected chi connectivity index (χ2v) is 8.08. The molecule has 4 rings (SSSR count). The van der Waals surface area contributed by atoms with Crippen LogP contribution in [0.3, 0.4) is 0 Å². The van der Waals surface area contributed by atoms with Gasteiger partial charge in [-0.3, -0.25) is 9.78 Å². The summed E-state index contributed by atoms with van der Waals surface area (Å²) in [6.45, 7) is 5.51. The second-order valence-electron chi connectivity index (χ2n) is 6.77. The van der Waals surface area contributed by atoms with Crippen molar-refractivity contribution >= 4 is 23.4 Å². The number of thioether (sulfide) groups is 1. The minimum atomic E-state index is -0.244. The van der Waals surface area contributed by atoms with Crippen LogP contribution < -0.4 is 4.90 Å². The van der Waals surface area contributed by atoms with E-state index >= 15 is 0 Å². The number of aromatic nitrogens is 4. The molecule has 1 aliphatic heterocycles. The molecule has 0 saturated carbocycles. The SMILES string of the molecule is CCn1c(SC(C)C(=O)N2CCCc3ccccc32)nnc1-c1ccncc1. The first kappa shape index (κ1) is 18.7. The Hall–Kier alpha value is -2.67. The predicted octanol–water partition coefficient (Wildman–Crippen LogP) is 3.82. The Balaban J connectivity index is 1.55. The summed E-state index contributed by atoms with van der Waals surface area (Å²) in [5.41, 5.74) is 3.26. The van der Waals surface area contributed by atoms with Gasteiger partial charge in [0, 0.05) is 36.7 Å². The third-order valence-corrected chi connectivity index (χ3v) is 6.05. The number of rotatable bonds is 5. The van der Waals surface area contributed by atoms with Crippen LogP contribution in [0.1, 0.15) is 25.8 Å². The number of hydrogen-bond donors (Lipinski definition) is 0. The highest BCUT2D eigenvalue weighted by Gasteiger charge is 2.28. The second kappa shape index (κ2) is 8.14. The average Bonchev–Trinajstić information content (AvgIpc) is 3.15. The van der Waals surface area contributed by atoms with Gasteiger partial charge in [0.15, 0.2) is 11.0 Å². The van der Waals surface area contributed by atoms with Gasteiger partial charge >= 0.3 is 0 Å². The van der Waals surface area contributed by atoms with Gasteiger partial charge in [-0.15, -0.1) is 10.2 Å². The molecule has 0 spiro atoms. The Morgan fingerprint density at radius 2 is 1.96 bits per heavy atom. The third-order valence-electron chi connectivity index (χ3n) is 4.98. The molecule has 0 bridgehead atoms. The van der Waals surface area contributed by atoms with Gasteiger partial charge in [0.1, 0.15) is 0 Å². The zero-order valence-electron chi connectivity index (χ0n) is 16.1. The molecule has 6 nitrogen and oxygen atoms in total. The van der Waals surface area contributed by atoms with E-state index in [4.69, 9.17) is 0 Å². The summed E-state index contributed by atoms with van der Waals surface area (Å²) in [7, 11) is 0. The van der Waals surface area contributed by atoms with Gasteiger partial charge in [0.25, 0.3) is 0 Å². The van der Waals surface area contributed by atoms with E-state index in [2.05, 4.69) is 28.2 Å². The van der Waals surface area contributed by atoms with E-state index in [-0.39, 0.29) is 11.2 Å². The summed E-state index contributed by atoms with van der Waals surface area (Å²) in [5, 5.41) is 9.24. The van der Waals surface area contributed by atoms with Crippen LogP contribution in [0.4, 0.5) is 5.69 Å². The molecule has 1 amide bonds. The van der Waals surface area contributed by atoms with Gasteiger partial charge < -0.3 is 9.47 Å². The first-order chi connectivity index (χ1) is 13.7. The van der Waals surface area contributed by atoms with Crippen LogP contribution in [0.25, 0.3) is 11.4 Å². The number of pyridine rings is 1. The first-order valence-corrected chi connectivity index (χ1v) is 10.5. The number of carbonyl (C=O) groups excluding carboxylic acids is 1. The van der Waals surface area contributed by atoms with Crippen LogP contribution in [0.15, 0.2) is 53.9 Å². The highest BCUT2D eigenvalue weighted by Crippen LogP contribution is 2.31. The fourth-order valence-corrected chi connectivity index (χ4v) is 4.54. The molecule has 1 aliphatic rings. The Morgan fingerprint density at radius 3 is 2.75 bits per heavy atom. The van der Waals surface area contributed by atoms with Gasteiger partial charge in [0.2, 0.25) is 5.91 Å². The standard InChI is InChI=1S/C21H23N5OS/c1-3-25-19(17-10-12-22-13-11-17)23-24-21(25)28-15(2)20(27)26-14-6-8-16-7-4-5-9-18(16)26/h4-5,7,9-13,15H,3,6,8,14H2,1-2H3. The monoisotopic (exact) mass is 393 g/mol. The summed E-state index contributed by atoms with van der Waals surface area (Å²) in [4.78, 5) is 19.2. The number of benzene rings is 1. The smallest absolute Gasteiger partial charge is 0.240 e. The molecule has 0 saturated heterocycles. The molecule has 7 heteroatoms. The van der Waals surface area contributed by atoms with Crippen LogP contribution in [-0.2, 0) is 17.8 Å². The maximum Gasteiger partial charge on any atom is 0.240 e. The zero-order chi connectivity index (χ0) is 19.5. The van der Waals surface area contributed by atoms with Crippen molar-refractivity contribution in [1.29, 1.82) is 0 Å². The number of nitrogens with zero attached hydrogens (tertiary/aromatic N) is 5. The summed E-state index contributed by atoms with van der Waals surface area (Å²) in [6.07, 6.45) is 5.52. The molecule has 3 aromatic rings. The Kier molecular flexibility index (Phi) is 5.43. The first-order valence-electron chi connectivity index (χ1n) is 9.58. The molecule has 0 aliphatic carbocycles.